The van der Waals surface area contributed by atoms with Crippen molar-refractivity contribution in [2.45, 2.75) is 63.8 Å². The molecule has 24 heavy (non-hydrogen) atoms. The maximum absolute atomic E-state index is 5.38. The number of hydrogen-bond acceptors (Lipinski definition) is 2. The van der Waals surface area contributed by atoms with Gasteiger partial charge in [0.25, 0.3) is 0 Å². The molecule has 2 fully saturated rings. The number of rotatable bonds is 5. The van der Waals surface area contributed by atoms with Crippen LogP contribution in [-0.4, -0.2) is 16.7 Å². The summed E-state index contributed by atoms with van der Waals surface area (Å²) in [4.78, 5) is 5.05. The van der Waals surface area contributed by atoms with Crippen LogP contribution in [-0.2, 0) is 6.54 Å². The standard InChI is InChI=1S/C21H28N2O/c1-24-19-12-6-11-18(13-19)20-15-23(14-16-7-3-2-4-8-16)21(22-20)17-9-5-10-17/h6,11-13,15-17H,2-5,7-10,14H2,1H3. The van der Waals surface area contributed by atoms with E-state index in [-0.39, 0.29) is 0 Å². The van der Waals surface area contributed by atoms with E-state index in [0.717, 1.165) is 29.5 Å². The molecule has 0 spiro atoms. The Morgan fingerprint density at radius 2 is 1.92 bits per heavy atom. The summed E-state index contributed by atoms with van der Waals surface area (Å²) >= 11 is 0. The highest BCUT2D eigenvalue weighted by Gasteiger charge is 2.26. The Hall–Kier alpha value is -1.77. The molecule has 0 bridgehead atoms. The molecular formula is C21H28N2O. The molecule has 0 atom stereocenters. The Morgan fingerprint density at radius 3 is 2.62 bits per heavy atom. The van der Waals surface area contributed by atoms with E-state index in [1.807, 2.05) is 6.07 Å². The summed E-state index contributed by atoms with van der Waals surface area (Å²) < 4.78 is 7.86. The van der Waals surface area contributed by atoms with E-state index >= 15 is 0 Å². The highest BCUT2D eigenvalue weighted by molar-refractivity contribution is 5.61. The summed E-state index contributed by atoms with van der Waals surface area (Å²) in [7, 11) is 1.72. The molecule has 2 aliphatic rings. The van der Waals surface area contributed by atoms with Gasteiger partial charge in [-0.2, -0.15) is 0 Å². The van der Waals surface area contributed by atoms with Crippen LogP contribution in [0.5, 0.6) is 5.75 Å². The van der Waals surface area contributed by atoms with Gasteiger partial charge in [-0.3, -0.25) is 0 Å². The van der Waals surface area contributed by atoms with Crippen LogP contribution in [0.15, 0.2) is 30.5 Å². The quantitative estimate of drug-likeness (QED) is 0.735. The molecule has 0 aliphatic heterocycles. The lowest BCUT2D eigenvalue weighted by atomic mass is 9.84. The molecule has 0 unspecified atom stereocenters. The molecule has 1 aromatic carbocycles. The number of aromatic nitrogens is 2. The lowest BCUT2D eigenvalue weighted by Gasteiger charge is -2.28. The van der Waals surface area contributed by atoms with Crippen molar-refractivity contribution in [3.8, 4) is 17.0 Å². The number of hydrogen-bond donors (Lipinski definition) is 0. The first-order valence-corrected chi connectivity index (χ1v) is 9.55. The molecule has 1 heterocycles. The van der Waals surface area contributed by atoms with Gasteiger partial charge in [0.15, 0.2) is 0 Å². The average molecular weight is 324 g/mol. The highest BCUT2D eigenvalue weighted by atomic mass is 16.5. The molecule has 1 aromatic heterocycles. The van der Waals surface area contributed by atoms with Crippen LogP contribution < -0.4 is 4.74 Å². The first-order valence-electron chi connectivity index (χ1n) is 9.55. The predicted molar refractivity (Wildman–Crippen MR) is 97.4 cm³/mol. The van der Waals surface area contributed by atoms with E-state index in [4.69, 9.17) is 9.72 Å². The van der Waals surface area contributed by atoms with E-state index in [2.05, 4.69) is 29.0 Å². The zero-order valence-corrected chi connectivity index (χ0v) is 14.7. The van der Waals surface area contributed by atoms with Gasteiger partial charge in [0.05, 0.1) is 12.8 Å². The third-order valence-electron chi connectivity index (χ3n) is 5.82. The number of imidazole rings is 1. The topological polar surface area (TPSA) is 27.1 Å². The zero-order valence-electron chi connectivity index (χ0n) is 14.7. The van der Waals surface area contributed by atoms with Crippen molar-refractivity contribution < 1.29 is 4.74 Å². The van der Waals surface area contributed by atoms with Crippen molar-refractivity contribution >= 4 is 0 Å². The molecule has 2 saturated carbocycles. The van der Waals surface area contributed by atoms with Crippen molar-refractivity contribution in [2.75, 3.05) is 7.11 Å². The van der Waals surface area contributed by atoms with Crippen molar-refractivity contribution in [1.29, 1.82) is 0 Å². The smallest absolute Gasteiger partial charge is 0.119 e. The van der Waals surface area contributed by atoms with Gasteiger partial charge in [-0.15, -0.1) is 0 Å². The molecule has 3 nitrogen and oxygen atoms in total. The molecule has 2 aliphatic carbocycles. The number of methoxy groups -OCH3 is 1. The summed E-state index contributed by atoms with van der Waals surface area (Å²) in [5.74, 6) is 3.74. The minimum Gasteiger partial charge on any atom is -0.497 e. The summed E-state index contributed by atoms with van der Waals surface area (Å²) in [6.07, 6.45) is 13.3. The largest absolute Gasteiger partial charge is 0.497 e. The zero-order chi connectivity index (χ0) is 16.4. The number of ether oxygens (including phenoxy) is 1. The second-order valence-corrected chi connectivity index (χ2v) is 7.50. The molecule has 128 valence electrons. The van der Waals surface area contributed by atoms with Crippen molar-refractivity contribution in [2.24, 2.45) is 5.92 Å². The fourth-order valence-corrected chi connectivity index (χ4v) is 4.14. The van der Waals surface area contributed by atoms with E-state index in [1.54, 1.807) is 7.11 Å². The van der Waals surface area contributed by atoms with Gasteiger partial charge in [0.2, 0.25) is 0 Å². The Labute approximate surface area is 145 Å². The maximum Gasteiger partial charge on any atom is 0.119 e. The van der Waals surface area contributed by atoms with Crippen LogP contribution in [0, 0.1) is 5.92 Å². The summed E-state index contributed by atoms with van der Waals surface area (Å²) in [6, 6.07) is 8.28. The highest BCUT2D eigenvalue weighted by Crippen LogP contribution is 2.38. The van der Waals surface area contributed by atoms with Gasteiger partial charge in [0.1, 0.15) is 11.6 Å². The van der Waals surface area contributed by atoms with Crippen molar-refractivity contribution in [1.82, 2.24) is 9.55 Å². The third kappa shape index (κ3) is 3.22. The molecule has 0 radical (unpaired) electrons. The lowest BCUT2D eigenvalue weighted by Crippen LogP contribution is -2.19. The van der Waals surface area contributed by atoms with Gasteiger partial charge >= 0.3 is 0 Å². The first-order chi connectivity index (χ1) is 11.8. The lowest BCUT2D eigenvalue weighted by molar-refractivity contribution is 0.304. The van der Waals surface area contributed by atoms with Crippen LogP contribution in [0.4, 0.5) is 0 Å². The Bertz CT molecular complexity index is 681. The summed E-state index contributed by atoms with van der Waals surface area (Å²) in [5.41, 5.74) is 2.27. The van der Waals surface area contributed by atoms with Gasteiger partial charge in [-0.1, -0.05) is 37.8 Å². The van der Waals surface area contributed by atoms with E-state index in [9.17, 15) is 0 Å². The SMILES string of the molecule is COc1cccc(-c2cn(CC3CCCCC3)c(C3CCC3)n2)c1. The monoisotopic (exact) mass is 324 g/mol. The van der Waals surface area contributed by atoms with Crippen LogP contribution in [0.2, 0.25) is 0 Å². The molecular weight excluding hydrogens is 296 g/mol. The van der Waals surface area contributed by atoms with Crippen LogP contribution in [0.3, 0.4) is 0 Å². The molecule has 4 rings (SSSR count). The minimum atomic E-state index is 0.674. The Morgan fingerprint density at radius 1 is 1.08 bits per heavy atom. The van der Waals surface area contributed by atoms with Gasteiger partial charge < -0.3 is 9.30 Å². The van der Waals surface area contributed by atoms with Gasteiger partial charge in [-0.25, -0.2) is 4.98 Å². The van der Waals surface area contributed by atoms with Crippen LogP contribution in [0.1, 0.15) is 63.1 Å². The second-order valence-electron chi connectivity index (χ2n) is 7.50. The van der Waals surface area contributed by atoms with Crippen molar-refractivity contribution in [3.05, 3.63) is 36.3 Å². The van der Waals surface area contributed by atoms with Gasteiger partial charge in [0, 0.05) is 24.2 Å². The fourth-order valence-electron chi connectivity index (χ4n) is 4.14. The van der Waals surface area contributed by atoms with E-state index in [0.29, 0.717) is 5.92 Å². The Balaban J connectivity index is 1.62. The molecule has 0 saturated heterocycles. The van der Waals surface area contributed by atoms with E-state index in [1.165, 1.54) is 57.2 Å². The first kappa shape index (κ1) is 15.7. The number of nitrogens with zero attached hydrogens (tertiary/aromatic N) is 2. The number of benzene rings is 1. The van der Waals surface area contributed by atoms with Gasteiger partial charge in [-0.05, 0) is 43.7 Å². The molecule has 0 amide bonds. The van der Waals surface area contributed by atoms with E-state index < -0.39 is 0 Å². The summed E-state index contributed by atoms with van der Waals surface area (Å²) in [5, 5.41) is 0. The molecule has 0 N–H and O–H groups in total. The second kappa shape index (κ2) is 7.00. The van der Waals surface area contributed by atoms with Crippen LogP contribution in [0.25, 0.3) is 11.3 Å². The average Bonchev–Trinajstić information content (AvgIpc) is 2.98. The third-order valence-corrected chi connectivity index (χ3v) is 5.82. The minimum absolute atomic E-state index is 0.674. The Kier molecular flexibility index (Phi) is 4.59. The van der Waals surface area contributed by atoms with Crippen molar-refractivity contribution in [3.63, 3.8) is 0 Å². The molecule has 2 aromatic rings. The summed E-state index contributed by atoms with van der Waals surface area (Å²) in [6.45, 7) is 1.16. The normalized spacial score (nSPS) is 19.2. The molecule has 3 heteroatoms. The fraction of sp³-hybridized carbons (Fsp3) is 0.571. The van der Waals surface area contributed by atoms with Crippen LogP contribution >= 0.6 is 0 Å². The predicted octanol–water partition coefficient (Wildman–Crippen LogP) is 5.41. The maximum atomic E-state index is 5.38.